The molecule has 0 saturated carbocycles. The highest BCUT2D eigenvalue weighted by Gasteiger charge is 2.10. The highest BCUT2D eigenvalue weighted by atomic mass is 32.2. The molecule has 0 bridgehead atoms. The maximum atomic E-state index is 12.4. The number of aromatic nitrogens is 1. The van der Waals surface area contributed by atoms with Crippen LogP contribution in [-0.2, 0) is 10.5 Å². The van der Waals surface area contributed by atoms with Gasteiger partial charge >= 0.3 is 0 Å². The number of ketones is 1. The molecule has 3 aromatic rings. The predicted octanol–water partition coefficient (Wildman–Crippen LogP) is 5.20. The van der Waals surface area contributed by atoms with Gasteiger partial charge in [-0.3, -0.25) is 9.59 Å². The maximum absolute atomic E-state index is 12.4. The largest absolute Gasteiger partial charge is 0.496 e. The first kappa shape index (κ1) is 21.1. The topological polar surface area (TPSA) is 68.3 Å². The number of methoxy groups -OCH3 is 1. The van der Waals surface area contributed by atoms with Crippen molar-refractivity contribution in [3.05, 3.63) is 64.0 Å². The third-order valence-corrected chi connectivity index (χ3v) is 5.99. The molecule has 0 aliphatic carbocycles. The second-order valence-electron chi connectivity index (χ2n) is 6.46. The molecule has 29 heavy (non-hydrogen) atoms. The summed E-state index contributed by atoms with van der Waals surface area (Å²) in [5.74, 6) is 1.52. The van der Waals surface area contributed by atoms with Gasteiger partial charge in [-0.05, 0) is 44.2 Å². The van der Waals surface area contributed by atoms with Crippen LogP contribution in [0, 0.1) is 6.92 Å². The Morgan fingerprint density at radius 2 is 2.03 bits per heavy atom. The van der Waals surface area contributed by atoms with Gasteiger partial charge in [0.1, 0.15) is 5.75 Å². The third-order valence-electron chi connectivity index (χ3n) is 4.24. The zero-order valence-corrected chi connectivity index (χ0v) is 18.2. The Labute approximate surface area is 178 Å². The summed E-state index contributed by atoms with van der Waals surface area (Å²) >= 11 is 3.07. The number of nitrogens with one attached hydrogen (secondary N) is 1. The van der Waals surface area contributed by atoms with Gasteiger partial charge in [-0.1, -0.05) is 12.1 Å². The van der Waals surface area contributed by atoms with Gasteiger partial charge in [-0.15, -0.1) is 23.1 Å². The van der Waals surface area contributed by atoms with Crippen LogP contribution in [-0.4, -0.2) is 29.5 Å². The number of thioether (sulfide) groups is 1. The Hall–Kier alpha value is -2.64. The van der Waals surface area contributed by atoms with Gasteiger partial charge in [0.05, 0.1) is 23.6 Å². The summed E-state index contributed by atoms with van der Waals surface area (Å²) in [6, 6.07) is 13.0. The lowest BCUT2D eigenvalue weighted by molar-refractivity contribution is -0.113. The van der Waals surface area contributed by atoms with E-state index < -0.39 is 0 Å². The average Bonchev–Trinajstić information content (AvgIpc) is 3.14. The van der Waals surface area contributed by atoms with Crippen molar-refractivity contribution in [3.63, 3.8) is 0 Å². The summed E-state index contributed by atoms with van der Waals surface area (Å²) in [4.78, 5) is 28.4. The number of hydrogen-bond acceptors (Lipinski definition) is 6. The lowest BCUT2D eigenvalue weighted by Gasteiger charge is -2.10. The van der Waals surface area contributed by atoms with E-state index in [1.54, 1.807) is 30.6 Å². The number of ether oxygens (including phenoxy) is 1. The molecule has 0 fully saturated rings. The molecule has 0 aliphatic rings. The quantitative estimate of drug-likeness (QED) is 0.501. The van der Waals surface area contributed by atoms with Crippen molar-refractivity contribution in [2.75, 3.05) is 18.2 Å². The first-order valence-electron chi connectivity index (χ1n) is 9.04. The first-order valence-corrected chi connectivity index (χ1v) is 11.1. The molecule has 1 N–H and O–H groups in total. The summed E-state index contributed by atoms with van der Waals surface area (Å²) in [6.07, 6.45) is 0. The van der Waals surface area contributed by atoms with E-state index in [2.05, 4.69) is 10.3 Å². The predicted molar refractivity (Wildman–Crippen MR) is 120 cm³/mol. The Morgan fingerprint density at radius 3 is 2.72 bits per heavy atom. The van der Waals surface area contributed by atoms with Gasteiger partial charge in [0.2, 0.25) is 5.91 Å². The lowest BCUT2D eigenvalue weighted by atomic mass is 10.1. The van der Waals surface area contributed by atoms with Crippen LogP contribution in [0.2, 0.25) is 0 Å². The molecule has 1 aromatic heterocycles. The number of carbonyl (C=O) groups excluding carboxylic acids is 2. The first-order chi connectivity index (χ1) is 14.0. The maximum Gasteiger partial charge on any atom is 0.234 e. The van der Waals surface area contributed by atoms with Crippen LogP contribution in [0.3, 0.4) is 0 Å². The van der Waals surface area contributed by atoms with E-state index in [-0.39, 0.29) is 11.7 Å². The fraction of sp³-hybridized carbons (Fsp3) is 0.227. The summed E-state index contributed by atoms with van der Waals surface area (Å²) < 4.78 is 5.36. The Bertz CT molecular complexity index is 1030. The minimum atomic E-state index is -0.0803. The Morgan fingerprint density at radius 1 is 1.21 bits per heavy atom. The molecule has 0 atom stereocenters. The summed E-state index contributed by atoms with van der Waals surface area (Å²) in [5, 5.41) is 5.95. The number of nitrogens with zero attached hydrogens (tertiary/aromatic N) is 1. The minimum absolute atomic E-state index is 0.00633. The lowest BCUT2D eigenvalue weighted by Crippen LogP contribution is -2.14. The number of Topliss-reactive ketones (excluding diaryl/α,β-unsaturated/α-hetero) is 1. The number of carbonyl (C=O) groups is 2. The molecule has 0 radical (unpaired) electrons. The number of benzene rings is 2. The van der Waals surface area contributed by atoms with Gasteiger partial charge in [0.25, 0.3) is 0 Å². The zero-order valence-electron chi connectivity index (χ0n) is 16.5. The van der Waals surface area contributed by atoms with Crippen molar-refractivity contribution in [3.8, 4) is 17.0 Å². The van der Waals surface area contributed by atoms with Crippen LogP contribution in [0.4, 0.5) is 5.69 Å². The normalized spacial score (nSPS) is 10.6. The van der Waals surface area contributed by atoms with Gasteiger partial charge in [-0.2, -0.15) is 0 Å². The monoisotopic (exact) mass is 426 g/mol. The van der Waals surface area contributed by atoms with Crippen LogP contribution < -0.4 is 10.1 Å². The molecule has 0 saturated heterocycles. The van der Waals surface area contributed by atoms with Crippen molar-refractivity contribution >= 4 is 40.5 Å². The number of hydrogen-bond donors (Lipinski definition) is 1. The van der Waals surface area contributed by atoms with E-state index in [4.69, 9.17) is 4.74 Å². The fourth-order valence-electron chi connectivity index (χ4n) is 2.81. The van der Waals surface area contributed by atoms with Crippen molar-refractivity contribution in [1.82, 2.24) is 4.98 Å². The van der Waals surface area contributed by atoms with E-state index in [1.807, 2.05) is 42.6 Å². The summed E-state index contributed by atoms with van der Waals surface area (Å²) in [7, 11) is 1.60. The summed E-state index contributed by atoms with van der Waals surface area (Å²) in [5.41, 5.74) is 4.18. The highest BCUT2D eigenvalue weighted by Crippen LogP contribution is 2.26. The number of thiazole rings is 1. The van der Waals surface area contributed by atoms with Crippen LogP contribution in [0.15, 0.2) is 47.8 Å². The van der Waals surface area contributed by atoms with Gasteiger partial charge in [-0.25, -0.2) is 4.98 Å². The number of aryl methyl sites for hydroxylation is 1. The van der Waals surface area contributed by atoms with Crippen molar-refractivity contribution in [2.45, 2.75) is 19.6 Å². The minimum Gasteiger partial charge on any atom is -0.496 e. The number of amides is 1. The third kappa shape index (κ3) is 5.68. The molecule has 7 heteroatoms. The smallest absolute Gasteiger partial charge is 0.234 e. The van der Waals surface area contributed by atoms with Crippen LogP contribution in [0.25, 0.3) is 11.3 Å². The second kappa shape index (κ2) is 9.71. The molecule has 0 aliphatic heterocycles. The van der Waals surface area contributed by atoms with Crippen LogP contribution in [0.1, 0.15) is 27.9 Å². The van der Waals surface area contributed by atoms with Gasteiger partial charge in [0.15, 0.2) is 5.78 Å². The molecule has 0 spiro atoms. The average molecular weight is 427 g/mol. The molecular formula is C22H22N2O3S2. The number of rotatable bonds is 8. The van der Waals surface area contributed by atoms with Crippen LogP contribution in [0.5, 0.6) is 5.75 Å². The molecule has 5 nitrogen and oxygen atoms in total. The SMILES string of the molecule is COc1ccc(C(C)=O)cc1CSCC(=O)Nc1cccc(-c2csc(C)n2)c1. The fourth-order valence-corrected chi connectivity index (χ4v) is 4.24. The molecular weight excluding hydrogens is 404 g/mol. The molecule has 1 heterocycles. The molecule has 2 aromatic carbocycles. The van der Waals surface area contributed by atoms with E-state index in [0.29, 0.717) is 22.8 Å². The Balaban J connectivity index is 1.58. The van der Waals surface area contributed by atoms with E-state index in [9.17, 15) is 9.59 Å². The molecule has 3 rings (SSSR count). The van der Waals surface area contributed by atoms with Crippen molar-refractivity contribution in [1.29, 1.82) is 0 Å². The number of anilines is 1. The van der Waals surface area contributed by atoms with E-state index in [1.165, 1.54) is 18.7 Å². The summed E-state index contributed by atoms with van der Waals surface area (Å²) in [6.45, 7) is 3.51. The zero-order chi connectivity index (χ0) is 20.8. The second-order valence-corrected chi connectivity index (χ2v) is 8.50. The van der Waals surface area contributed by atoms with E-state index >= 15 is 0 Å². The van der Waals surface area contributed by atoms with E-state index in [0.717, 1.165) is 27.5 Å². The van der Waals surface area contributed by atoms with Gasteiger partial charge in [0, 0.05) is 33.5 Å². The Kier molecular flexibility index (Phi) is 7.06. The molecule has 1 amide bonds. The van der Waals surface area contributed by atoms with Gasteiger partial charge < -0.3 is 10.1 Å². The molecule has 150 valence electrons. The standard InChI is InChI=1S/C22H22N2O3S2/c1-14(25)16-7-8-21(27-3)18(9-16)11-28-13-22(26)24-19-6-4-5-17(10-19)20-12-29-15(2)23-20/h4-10,12H,11,13H2,1-3H3,(H,24,26). The van der Waals surface area contributed by atoms with Crippen molar-refractivity contribution < 1.29 is 14.3 Å². The van der Waals surface area contributed by atoms with Crippen LogP contribution >= 0.6 is 23.1 Å². The highest BCUT2D eigenvalue weighted by molar-refractivity contribution is 7.99. The molecule has 0 unspecified atom stereocenters. The van der Waals surface area contributed by atoms with Crippen molar-refractivity contribution in [2.24, 2.45) is 0 Å².